The van der Waals surface area contributed by atoms with Crippen molar-refractivity contribution in [3.05, 3.63) is 101 Å². The van der Waals surface area contributed by atoms with Gasteiger partial charge < -0.3 is 4.74 Å². The molecule has 0 bridgehead atoms. The summed E-state index contributed by atoms with van der Waals surface area (Å²) < 4.78 is 19.8. The van der Waals surface area contributed by atoms with Crippen molar-refractivity contribution < 1.29 is 9.13 Å². The van der Waals surface area contributed by atoms with Crippen LogP contribution in [0.15, 0.2) is 78.0 Å². The number of H-pyrrole nitrogens is 1. The molecule has 29 heavy (non-hydrogen) atoms. The first-order valence-electron chi connectivity index (χ1n) is 8.96. The molecule has 1 N–H and O–H groups in total. The lowest BCUT2D eigenvalue weighted by molar-refractivity contribution is 0.438. The zero-order valence-electron chi connectivity index (χ0n) is 15.3. The number of aromatic amines is 1. The number of halogens is 2. The molecule has 4 rings (SSSR count). The van der Waals surface area contributed by atoms with Crippen molar-refractivity contribution in [3.8, 4) is 11.5 Å². The second-order valence-electron chi connectivity index (χ2n) is 6.30. The Labute approximate surface area is 177 Å². The fraction of sp³-hybridized carbons (Fsp3) is 0.0909. The van der Waals surface area contributed by atoms with Gasteiger partial charge in [0.2, 0.25) is 5.16 Å². The molecular weight excluding hydrogens is 409 g/mol. The first-order valence-corrected chi connectivity index (χ1v) is 10.3. The number of nitrogens with one attached hydrogen (secondary N) is 1. The van der Waals surface area contributed by atoms with Gasteiger partial charge in [-0.3, -0.25) is 5.10 Å². The minimum Gasteiger partial charge on any atom is -0.454 e. The van der Waals surface area contributed by atoms with Crippen LogP contribution in [0.2, 0.25) is 5.02 Å². The first kappa shape index (κ1) is 19.5. The van der Waals surface area contributed by atoms with Crippen molar-refractivity contribution in [3.63, 3.8) is 0 Å². The van der Waals surface area contributed by atoms with Crippen molar-refractivity contribution in [2.45, 2.75) is 17.3 Å². The highest BCUT2D eigenvalue weighted by molar-refractivity contribution is 7.98. The molecule has 1 heterocycles. The number of rotatable bonds is 7. The van der Waals surface area contributed by atoms with E-state index in [9.17, 15) is 4.39 Å². The summed E-state index contributed by atoms with van der Waals surface area (Å²) in [4.78, 5) is 4.54. The van der Waals surface area contributed by atoms with E-state index in [2.05, 4.69) is 27.3 Å². The van der Waals surface area contributed by atoms with Crippen LogP contribution in [0.25, 0.3) is 0 Å². The highest BCUT2D eigenvalue weighted by atomic mass is 35.5. The second kappa shape index (κ2) is 9.11. The van der Waals surface area contributed by atoms with Crippen LogP contribution in [0.1, 0.15) is 17.0 Å². The zero-order valence-corrected chi connectivity index (χ0v) is 16.9. The van der Waals surface area contributed by atoms with Gasteiger partial charge in [-0.2, -0.15) is 0 Å². The highest BCUT2D eigenvalue weighted by Crippen LogP contribution is 2.31. The average molecular weight is 426 g/mol. The Kier molecular flexibility index (Phi) is 6.12. The fourth-order valence-corrected chi connectivity index (χ4v) is 3.67. The van der Waals surface area contributed by atoms with E-state index in [4.69, 9.17) is 16.3 Å². The Bertz CT molecular complexity index is 1100. The molecular formula is C22H17ClFN3OS. The lowest BCUT2D eigenvalue weighted by Gasteiger charge is -2.11. The van der Waals surface area contributed by atoms with Crippen molar-refractivity contribution >= 4 is 23.4 Å². The zero-order chi connectivity index (χ0) is 20.1. The summed E-state index contributed by atoms with van der Waals surface area (Å²) in [5.41, 5.74) is 2.04. The van der Waals surface area contributed by atoms with Gasteiger partial charge in [-0.05, 0) is 29.8 Å². The molecule has 0 fully saturated rings. The molecule has 3 aromatic carbocycles. The van der Waals surface area contributed by atoms with Gasteiger partial charge in [-0.1, -0.05) is 71.9 Å². The largest absolute Gasteiger partial charge is 0.454 e. The van der Waals surface area contributed by atoms with E-state index in [-0.39, 0.29) is 5.75 Å². The van der Waals surface area contributed by atoms with Crippen molar-refractivity contribution in [2.75, 3.05) is 0 Å². The molecule has 0 saturated carbocycles. The van der Waals surface area contributed by atoms with Gasteiger partial charge in [0.15, 0.2) is 11.6 Å². The van der Waals surface area contributed by atoms with E-state index in [0.29, 0.717) is 28.2 Å². The molecule has 0 radical (unpaired) electrons. The predicted octanol–water partition coefficient (Wildman–Crippen LogP) is 6.27. The third-order valence-corrected chi connectivity index (χ3v) is 5.32. The molecule has 0 unspecified atom stereocenters. The molecule has 0 amide bonds. The first-order chi connectivity index (χ1) is 14.2. The highest BCUT2D eigenvalue weighted by Gasteiger charge is 2.12. The molecule has 4 aromatic rings. The molecule has 146 valence electrons. The van der Waals surface area contributed by atoms with Gasteiger partial charge >= 0.3 is 0 Å². The van der Waals surface area contributed by atoms with E-state index < -0.39 is 5.82 Å². The van der Waals surface area contributed by atoms with E-state index in [0.717, 1.165) is 11.3 Å². The SMILES string of the molecule is Fc1ccccc1Oc1cc(Cl)ccc1Cc1nc(SCc2ccccc2)n[nH]1. The quantitative estimate of drug-likeness (QED) is 0.354. The summed E-state index contributed by atoms with van der Waals surface area (Å²) in [6.45, 7) is 0. The van der Waals surface area contributed by atoms with Crippen LogP contribution in [0, 0.1) is 5.82 Å². The molecule has 7 heteroatoms. The molecule has 1 aromatic heterocycles. The lowest BCUT2D eigenvalue weighted by atomic mass is 10.1. The Hall–Kier alpha value is -2.83. The van der Waals surface area contributed by atoms with E-state index in [1.165, 1.54) is 11.6 Å². The number of para-hydroxylation sites is 1. The molecule has 0 atom stereocenters. The number of ether oxygens (including phenoxy) is 1. The van der Waals surface area contributed by atoms with Gasteiger partial charge in [-0.15, -0.1) is 5.10 Å². The standard InChI is InChI=1S/C22H17ClFN3OS/c23-17-11-10-16(20(13-17)28-19-9-5-4-8-18(19)24)12-21-25-22(27-26-21)29-14-15-6-2-1-3-7-15/h1-11,13H,12,14H2,(H,25,26,27). The Morgan fingerprint density at radius 3 is 2.59 bits per heavy atom. The smallest absolute Gasteiger partial charge is 0.208 e. The van der Waals surface area contributed by atoms with E-state index in [1.54, 1.807) is 42.1 Å². The Balaban J connectivity index is 1.48. The lowest BCUT2D eigenvalue weighted by Crippen LogP contribution is -1.97. The number of hydrogen-bond acceptors (Lipinski definition) is 4. The van der Waals surface area contributed by atoms with Crippen molar-refractivity contribution in [2.24, 2.45) is 0 Å². The maximum absolute atomic E-state index is 14.0. The summed E-state index contributed by atoms with van der Waals surface area (Å²) >= 11 is 7.68. The van der Waals surface area contributed by atoms with Crippen LogP contribution in [-0.4, -0.2) is 15.2 Å². The molecule has 0 saturated heterocycles. The average Bonchev–Trinajstić information content (AvgIpc) is 3.18. The van der Waals surface area contributed by atoms with Crippen LogP contribution < -0.4 is 4.74 Å². The van der Waals surface area contributed by atoms with Gasteiger partial charge in [0.25, 0.3) is 0 Å². The van der Waals surface area contributed by atoms with E-state index in [1.807, 2.05) is 24.3 Å². The summed E-state index contributed by atoms with van der Waals surface area (Å²) in [5, 5.41) is 8.42. The molecule has 0 spiro atoms. The van der Waals surface area contributed by atoms with Gasteiger partial charge in [0.1, 0.15) is 11.6 Å². The maximum atomic E-state index is 14.0. The molecule has 4 nitrogen and oxygen atoms in total. The summed E-state index contributed by atoms with van der Waals surface area (Å²) in [5.74, 6) is 1.69. The summed E-state index contributed by atoms with van der Waals surface area (Å²) in [6.07, 6.45) is 0.458. The maximum Gasteiger partial charge on any atom is 0.208 e. The van der Waals surface area contributed by atoms with Gasteiger partial charge in [0, 0.05) is 22.8 Å². The number of benzene rings is 3. The number of nitrogens with zero attached hydrogens (tertiary/aromatic N) is 2. The van der Waals surface area contributed by atoms with Crippen molar-refractivity contribution in [1.29, 1.82) is 0 Å². The monoisotopic (exact) mass is 425 g/mol. The Morgan fingerprint density at radius 1 is 0.966 bits per heavy atom. The summed E-state index contributed by atoms with van der Waals surface area (Å²) in [7, 11) is 0. The minimum absolute atomic E-state index is 0.146. The fourth-order valence-electron chi connectivity index (χ4n) is 2.74. The third-order valence-electron chi connectivity index (χ3n) is 4.17. The summed E-state index contributed by atoms with van der Waals surface area (Å²) in [6, 6.07) is 21.7. The van der Waals surface area contributed by atoms with Crippen LogP contribution in [-0.2, 0) is 12.2 Å². The normalized spacial score (nSPS) is 10.8. The predicted molar refractivity (Wildman–Crippen MR) is 113 cm³/mol. The molecule has 0 aliphatic heterocycles. The number of hydrogen-bond donors (Lipinski definition) is 1. The minimum atomic E-state index is -0.433. The molecule has 0 aliphatic rings. The molecule has 0 aliphatic carbocycles. The topological polar surface area (TPSA) is 50.8 Å². The third kappa shape index (κ3) is 5.16. The Morgan fingerprint density at radius 2 is 1.76 bits per heavy atom. The number of thioether (sulfide) groups is 1. The van der Waals surface area contributed by atoms with Gasteiger partial charge in [-0.25, -0.2) is 9.37 Å². The van der Waals surface area contributed by atoms with Crippen LogP contribution in [0.3, 0.4) is 0 Å². The van der Waals surface area contributed by atoms with Crippen LogP contribution in [0.5, 0.6) is 11.5 Å². The van der Waals surface area contributed by atoms with Crippen LogP contribution >= 0.6 is 23.4 Å². The second-order valence-corrected chi connectivity index (χ2v) is 7.68. The van der Waals surface area contributed by atoms with Gasteiger partial charge in [0.05, 0.1) is 0 Å². The number of aromatic nitrogens is 3. The van der Waals surface area contributed by atoms with Crippen molar-refractivity contribution in [1.82, 2.24) is 15.2 Å². The van der Waals surface area contributed by atoms with Crippen LogP contribution in [0.4, 0.5) is 4.39 Å². The van der Waals surface area contributed by atoms with E-state index >= 15 is 0 Å².